The van der Waals surface area contributed by atoms with E-state index in [0.29, 0.717) is 13.0 Å². The fourth-order valence-corrected chi connectivity index (χ4v) is 4.75. The highest BCUT2D eigenvalue weighted by atomic mass is 32.1. The van der Waals surface area contributed by atoms with Crippen LogP contribution < -0.4 is 5.32 Å². The number of rotatable bonds is 6. The standard InChI is InChI=1S/C22H28N4O2S/c1-16-23-20(15-29-16)14-25-10-7-18(8-11-25)22(28)24-19-5-2-4-17(12-19)13-26-9-3-6-21(26)27/h2,4-5,12,15,18H,3,6-11,13-14H2,1H3,(H,24,28). The Morgan fingerprint density at radius 3 is 2.76 bits per heavy atom. The van der Waals surface area contributed by atoms with E-state index in [4.69, 9.17) is 0 Å². The van der Waals surface area contributed by atoms with E-state index >= 15 is 0 Å². The quantitative estimate of drug-likeness (QED) is 0.790. The number of hydrogen-bond donors (Lipinski definition) is 1. The molecule has 2 saturated heterocycles. The van der Waals surface area contributed by atoms with E-state index in [-0.39, 0.29) is 17.7 Å². The summed E-state index contributed by atoms with van der Waals surface area (Å²) in [6, 6.07) is 7.87. The van der Waals surface area contributed by atoms with E-state index in [1.807, 2.05) is 36.1 Å². The Bertz CT molecular complexity index is 873. The molecule has 29 heavy (non-hydrogen) atoms. The van der Waals surface area contributed by atoms with Crippen molar-refractivity contribution in [2.75, 3.05) is 25.0 Å². The molecule has 154 valence electrons. The van der Waals surface area contributed by atoms with Crippen LogP contribution in [-0.2, 0) is 22.7 Å². The largest absolute Gasteiger partial charge is 0.338 e. The van der Waals surface area contributed by atoms with Crippen molar-refractivity contribution in [3.63, 3.8) is 0 Å². The molecule has 2 aromatic rings. The molecule has 0 aliphatic carbocycles. The number of carbonyl (C=O) groups is 2. The molecule has 0 atom stereocenters. The predicted molar refractivity (Wildman–Crippen MR) is 115 cm³/mol. The molecule has 1 N–H and O–H groups in total. The van der Waals surface area contributed by atoms with Crippen molar-refractivity contribution in [2.45, 2.75) is 45.7 Å². The SMILES string of the molecule is Cc1nc(CN2CCC(C(=O)Nc3cccc(CN4CCCC4=O)c3)CC2)cs1. The first-order valence-electron chi connectivity index (χ1n) is 10.4. The van der Waals surface area contributed by atoms with Gasteiger partial charge in [0.2, 0.25) is 11.8 Å². The fourth-order valence-electron chi connectivity index (χ4n) is 4.15. The van der Waals surface area contributed by atoms with Crippen molar-refractivity contribution in [2.24, 2.45) is 5.92 Å². The van der Waals surface area contributed by atoms with Crippen molar-refractivity contribution >= 4 is 28.8 Å². The van der Waals surface area contributed by atoms with Crippen LogP contribution in [0.4, 0.5) is 5.69 Å². The number of piperidine rings is 1. The Morgan fingerprint density at radius 1 is 1.24 bits per heavy atom. The highest BCUT2D eigenvalue weighted by Crippen LogP contribution is 2.22. The maximum Gasteiger partial charge on any atom is 0.227 e. The molecule has 0 bridgehead atoms. The molecule has 1 aromatic heterocycles. The third-order valence-electron chi connectivity index (χ3n) is 5.75. The van der Waals surface area contributed by atoms with Gasteiger partial charge in [-0.3, -0.25) is 14.5 Å². The molecule has 2 amide bonds. The molecule has 1 aromatic carbocycles. The fraction of sp³-hybridized carbons (Fsp3) is 0.500. The van der Waals surface area contributed by atoms with Crippen molar-refractivity contribution in [1.29, 1.82) is 0 Å². The Labute approximate surface area is 175 Å². The number of nitrogens with one attached hydrogen (secondary N) is 1. The van der Waals surface area contributed by atoms with Gasteiger partial charge in [-0.1, -0.05) is 12.1 Å². The molecule has 0 spiro atoms. The summed E-state index contributed by atoms with van der Waals surface area (Å²) in [7, 11) is 0. The topological polar surface area (TPSA) is 65.5 Å². The first kappa shape index (κ1) is 20.0. The second kappa shape index (κ2) is 9.05. The monoisotopic (exact) mass is 412 g/mol. The molecular formula is C22H28N4O2S. The molecule has 6 nitrogen and oxygen atoms in total. The van der Waals surface area contributed by atoms with Crippen LogP contribution in [0, 0.1) is 12.8 Å². The van der Waals surface area contributed by atoms with Crippen LogP contribution in [0.1, 0.15) is 41.9 Å². The van der Waals surface area contributed by atoms with Gasteiger partial charge < -0.3 is 10.2 Å². The Balaban J connectivity index is 1.27. The number of aromatic nitrogens is 1. The number of benzene rings is 1. The summed E-state index contributed by atoms with van der Waals surface area (Å²) in [5, 5.41) is 6.31. The highest BCUT2D eigenvalue weighted by molar-refractivity contribution is 7.09. The summed E-state index contributed by atoms with van der Waals surface area (Å²) < 4.78 is 0. The van der Waals surface area contributed by atoms with Gasteiger partial charge in [0.05, 0.1) is 10.7 Å². The molecule has 0 saturated carbocycles. The number of amides is 2. The number of thiazole rings is 1. The first-order valence-corrected chi connectivity index (χ1v) is 11.3. The van der Waals surface area contributed by atoms with Crippen molar-refractivity contribution < 1.29 is 9.59 Å². The van der Waals surface area contributed by atoms with Crippen LogP contribution in [0.5, 0.6) is 0 Å². The van der Waals surface area contributed by atoms with Crippen LogP contribution >= 0.6 is 11.3 Å². The highest BCUT2D eigenvalue weighted by Gasteiger charge is 2.25. The van der Waals surface area contributed by atoms with Crippen molar-refractivity contribution in [1.82, 2.24) is 14.8 Å². The molecule has 0 unspecified atom stereocenters. The second-order valence-electron chi connectivity index (χ2n) is 8.02. The van der Waals surface area contributed by atoms with Crippen LogP contribution in [0.25, 0.3) is 0 Å². The summed E-state index contributed by atoms with van der Waals surface area (Å²) in [6.45, 7) is 6.20. The minimum absolute atomic E-state index is 0.0484. The van der Waals surface area contributed by atoms with E-state index in [0.717, 1.165) is 67.4 Å². The minimum Gasteiger partial charge on any atom is -0.338 e. The Hall–Kier alpha value is -2.25. The first-order chi connectivity index (χ1) is 14.1. The number of hydrogen-bond acceptors (Lipinski definition) is 5. The van der Waals surface area contributed by atoms with Crippen molar-refractivity contribution in [3.8, 4) is 0 Å². The minimum atomic E-state index is 0.0484. The van der Waals surface area contributed by atoms with Gasteiger partial charge in [-0.15, -0.1) is 11.3 Å². The lowest BCUT2D eigenvalue weighted by atomic mass is 9.95. The smallest absolute Gasteiger partial charge is 0.227 e. The lowest BCUT2D eigenvalue weighted by Crippen LogP contribution is -2.37. The number of anilines is 1. The van der Waals surface area contributed by atoms with Crippen LogP contribution in [-0.4, -0.2) is 46.2 Å². The van der Waals surface area contributed by atoms with E-state index in [9.17, 15) is 9.59 Å². The molecular weight excluding hydrogens is 384 g/mol. The number of carbonyl (C=O) groups excluding carboxylic acids is 2. The van der Waals surface area contributed by atoms with Crippen molar-refractivity contribution in [3.05, 3.63) is 45.9 Å². The van der Waals surface area contributed by atoms with Gasteiger partial charge in [0, 0.05) is 43.0 Å². The van der Waals surface area contributed by atoms with E-state index < -0.39 is 0 Å². The Kier molecular flexibility index (Phi) is 6.25. The summed E-state index contributed by atoms with van der Waals surface area (Å²) in [5.74, 6) is 0.370. The molecule has 7 heteroatoms. The molecule has 2 aliphatic rings. The lowest BCUT2D eigenvalue weighted by molar-refractivity contribution is -0.128. The number of nitrogens with zero attached hydrogens (tertiary/aromatic N) is 3. The predicted octanol–water partition coefficient (Wildman–Crippen LogP) is 3.42. The van der Waals surface area contributed by atoms with E-state index in [1.54, 1.807) is 11.3 Å². The lowest BCUT2D eigenvalue weighted by Gasteiger charge is -2.30. The van der Waals surface area contributed by atoms with E-state index in [1.165, 1.54) is 0 Å². The Morgan fingerprint density at radius 2 is 2.07 bits per heavy atom. The van der Waals surface area contributed by atoms with Crippen LogP contribution in [0.2, 0.25) is 0 Å². The third kappa shape index (κ3) is 5.22. The normalized spacial score (nSPS) is 18.4. The molecule has 3 heterocycles. The summed E-state index contributed by atoms with van der Waals surface area (Å²) >= 11 is 1.69. The zero-order valence-electron chi connectivity index (χ0n) is 16.9. The zero-order chi connectivity index (χ0) is 20.2. The maximum absolute atomic E-state index is 12.7. The third-order valence-corrected chi connectivity index (χ3v) is 6.57. The van der Waals surface area contributed by atoms with Gasteiger partial charge in [0.1, 0.15) is 0 Å². The number of likely N-dealkylation sites (tertiary alicyclic amines) is 2. The van der Waals surface area contributed by atoms with Gasteiger partial charge >= 0.3 is 0 Å². The van der Waals surface area contributed by atoms with Gasteiger partial charge in [-0.2, -0.15) is 0 Å². The summed E-state index contributed by atoms with van der Waals surface area (Å²) in [6.07, 6.45) is 3.33. The van der Waals surface area contributed by atoms with Crippen LogP contribution in [0.3, 0.4) is 0 Å². The molecule has 4 rings (SSSR count). The van der Waals surface area contributed by atoms with E-state index in [2.05, 4.69) is 20.6 Å². The van der Waals surface area contributed by atoms with Crippen LogP contribution in [0.15, 0.2) is 29.6 Å². The van der Waals surface area contributed by atoms with Gasteiger partial charge in [0.25, 0.3) is 0 Å². The molecule has 0 radical (unpaired) electrons. The maximum atomic E-state index is 12.7. The van der Waals surface area contributed by atoms with Gasteiger partial charge in [0.15, 0.2) is 0 Å². The second-order valence-corrected chi connectivity index (χ2v) is 9.08. The van der Waals surface area contributed by atoms with Gasteiger partial charge in [-0.05, 0) is 57.0 Å². The summed E-state index contributed by atoms with van der Waals surface area (Å²) in [4.78, 5) is 33.4. The zero-order valence-corrected chi connectivity index (χ0v) is 17.7. The average Bonchev–Trinajstić information content (AvgIpc) is 3.30. The molecule has 2 fully saturated rings. The van der Waals surface area contributed by atoms with Gasteiger partial charge in [-0.25, -0.2) is 4.98 Å². The average molecular weight is 413 g/mol. The summed E-state index contributed by atoms with van der Waals surface area (Å²) in [5.41, 5.74) is 3.01. The number of aryl methyl sites for hydroxylation is 1. The molecule has 2 aliphatic heterocycles.